The molecule has 1 aromatic rings. The summed E-state index contributed by atoms with van der Waals surface area (Å²) >= 11 is 0. The molecule has 0 saturated carbocycles. The summed E-state index contributed by atoms with van der Waals surface area (Å²) in [5.41, 5.74) is 7.94. The highest BCUT2D eigenvalue weighted by Crippen LogP contribution is 2.03. The number of aromatic nitrogens is 1. The van der Waals surface area contributed by atoms with Crippen molar-refractivity contribution in [2.75, 3.05) is 6.54 Å². The summed E-state index contributed by atoms with van der Waals surface area (Å²) in [6, 6.07) is 2.07. The van der Waals surface area contributed by atoms with E-state index in [1.165, 1.54) is 11.3 Å². The van der Waals surface area contributed by atoms with Gasteiger partial charge in [0.05, 0.1) is 0 Å². The maximum atomic E-state index is 5.37. The number of aromatic amines is 1. The van der Waals surface area contributed by atoms with Gasteiger partial charge in [-0.05, 0) is 31.5 Å². The summed E-state index contributed by atoms with van der Waals surface area (Å²) in [5, 5.41) is 0. The van der Waals surface area contributed by atoms with Crippen molar-refractivity contribution in [2.45, 2.75) is 13.3 Å². The van der Waals surface area contributed by atoms with E-state index >= 15 is 0 Å². The molecule has 0 saturated heterocycles. The molecule has 0 atom stereocenters. The fourth-order valence-electron chi connectivity index (χ4n) is 0.911. The quantitative estimate of drug-likeness (QED) is 0.602. The van der Waals surface area contributed by atoms with Gasteiger partial charge in [0.25, 0.3) is 0 Å². The van der Waals surface area contributed by atoms with Crippen LogP contribution in [0.5, 0.6) is 0 Å². The lowest BCUT2D eigenvalue weighted by Crippen LogP contribution is -2.02. The molecule has 50 valence electrons. The lowest BCUT2D eigenvalue weighted by molar-refractivity contribution is 0.957. The molecule has 3 N–H and O–H groups in total. The number of nitrogens with one attached hydrogen (secondary N) is 1. The number of hydrogen-bond donors (Lipinski definition) is 2. The zero-order valence-electron chi connectivity index (χ0n) is 5.65. The maximum Gasteiger partial charge on any atom is 0.0148 e. The monoisotopic (exact) mass is 124 g/mol. The Balaban J connectivity index is 2.69. The Morgan fingerprint density at radius 1 is 1.67 bits per heavy atom. The molecule has 0 aliphatic carbocycles. The van der Waals surface area contributed by atoms with E-state index in [0.29, 0.717) is 0 Å². The van der Waals surface area contributed by atoms with E-state index in [2.05, 4.69) is 18.0 Å². The normalized spacial score (nSPS) is 10.0. The Hall–Kier alpha value is -0.760. The van der Waals surface area contributed by atoms with Crippen molar-refractivity contribution in [3.63, 3.8) is 0 Å². The fourth-order valence-corrected chi connectivity index (χ4v) is 0.911. The van der Waals surface area contributed by atoms with E-state index in [4.69, 9.17) is 5.73 Å². The minimum atomic E-state index is 0.735. The SMILES string of the molecule is Cc1[nH]ccc1CCN. The van der Waals surface area contributed by atoms with E-state index in [1.807, 2.05) is 6.20 Å². The van der Waals surface area contributed by atoms with Crippen molar-refractivity contribution in [2.24, 2.45) is 5.73 Å². The van der Waals surface area contributed by atoms with Gasteiger partial charge < -0.3 is 10.7 Å². The summed E-state index contributed by atoms with van der Waals surface area (Å²) in [6.45, 7) is 2.80. The van der Waals surface area contributed by atoms with Crippen molar-refractivity contribution in [1.82, 2.24) is 4.98 Å². The van der Waals surface area contributed by atoms with Crippen LogP contribution in [0.3, 0.4) is 0 Å². The van der Waals surface area contributed by atoms with Crippen LogP contribution in [0.4, 0.5) is 0 Å². The van der Waals surface area contributed by atoms with Crippen LogP contribution in [0.1, 0.15) is 11.3 Å². The second-order valence-corrected chi connectivity index (χ2v) is 2.17. The summed E-state index contributed by atoms with van der Waals surface area (Å²) < 4.78 is 0. The van der Waals surface area contributed by atoms with Crippen molar-refractivity contribution in [3.8, 4) is 0 Å². The second kappa shape index (κ2) is 2.69. The van der Waals surface area contributed by atoms with Gasteiger partial charge in [0.1, 0.15) is 0 Å². The Labute approximate surface area is 55.1 Å². The number of rotatable bonds is 2. The summed E-state index contributed by atoms with van der Waals surface area (Å²) in [4.78, 5) is 3.10. The minimum Gasteiger partial charge on any atom is -0.365 e. The van der Waals surface area contributed by atoms with Crippen molar-refractivity contribution < 1.29 is 0 Å². The average molecular weight is 124 g/mol. The summed E-state index contributed by atoms with van der Waals surface area (Å²) in [6.07, 6.45) is 2.93. The smallest absolute Gasteiger partial charge is 0.0148 e. The zero-order chi connectivity index (χ0) is 6.69. The molecule has 1 aromatic heterocycles. The van der Waals surface area contributed by atoms with Crippen LogP contribution in [0.2, 0.25) is 0 Å². The molecule has 9 heavy (non-hydrogen) atoms. The van der Waals surface area contributed by atoms with Gasteiger partial charge in [0, 0.05) is 11.9 Å². The molecule has 0 aliphatic rings. The predicted octanol–water partition coefficient (Wildman–Crippen LogP) is 0.824. The standard InChI is InChI=1S/C7H12N2/c1-6-7(2-4-8)3-5-9-6/h3,5,9H,2,4,8H2,1H3. The van der Waals surface area contributed by atoms with Crippen molar-refractivity contribution in [3.05, 3.63) is 23.5 Å². The molecule has 1 rings (SSSR count). The highest BCUT2D eigenvalue weighted by Gasteiger charge is 1.94. The van der Waals surface area contributed by atoms with Gasteiger partial charge in [0.15, 0.2) is 0 Å². The van der Waals surface area contributed by atoms with E-state index in [9.17, 15) is 0 Å². The molecular weight excluding hydrogens is 112 g/mol. The number of hydrogen-bond acceptors (Lipinski definition) is 1. The van der Waals surface area contributed by atoms with Crippen LogP contribution >= 0.6 is 0 Å². The average Bonchev–Trinajstić information content (AvgIpc) is 2.18. The van der Waals surface area contributed by atoms with Crippen LogP contribution in [-0.2, 0) is 6.42 Å². The molecule has 0 unspecified atom stereocenters. The third-order valence-corrected chi connectivity index (χ3v) is 1.48. The molecule has 0 amide bonds. The van der Waals surface area contributed by atoms with E-state index < -0.39 is 0 Å². The van der Waals surface area contributed by atoms with Gasteiger partial charge in [-0.15, -0.1) is 0 Å². The van der Waals surface area contributed by atoms with Crippen LogP contribution < -0.4 is 5.73 Å². The number of nitrogens with two attached hydrogens (primary N) is 1. The topological polar surface area (TPSA) is 41.8 Å². The first-order valence-corrected chi connectivity index (χ1v) is 3.17. The van der Waals surface area contributed by atoms with Crippen LogP contribution in [0.15, 0.2) is 12.3 Å². The van der Waals surface area contributed by atoms with Gasteiger partial charge in [-0.1, -0.05) is 0 Å². The van der Waals surface area contributed by atoms with E-state index in [-0.39, 0.29) is 0 Å². The van der Waals surface area contributed by atoms with Gasteiger partial charge in [-0.25, -0.2) is 0 Å². The van der Waals surface area contributed by atoms with Gasteiger partial charge >= 0.3 is 0 Å². The molecule has 2 nitrogen and oxygen atoms in total. The lowest BCUT2D eigenvalue weighted by Gasteiger charge is -1.93. The summed E-state index contributed by atoms with van der Waals surface area (Å²) in [5.74, 6) is 0. The first kappa shape index (κ1) is 6.36. The first-order valence-electron chi connectivity index (χ1n) is 3.17. The molecule has 2 heteroatoms. The van der Waals surface area contributed by atoms with Crippen molar-refractivity contribution in [1.29, 1.82) is 0 Å². The highest BCUT2D eigenvalue weighted by atomic mass is 14.7. The third kappa shape index (κ3) is 1.33. The maximum absolute atomic E-state index is 5.37. The van der Waals surface area contributed by atoms with Gasteiger partial charge in [0.2, 0.25) is 0 Å². The fraction of sp³-hybridized carbons (Fsp3) is 0.429. The molecule has 1 heterocycles. The Morgan fingerprint density at radius 3 is 2.89 bits per heavy atom. The number of H-pyrrole nitrogens is 1. The Bertz CT molecular complexity index is 179. The Morgan fingerprint density at radius 2 is 2.44 bits per heavy atom. The first-order chi connectivity index (χ1) is 4.34. The van der Waals surface area contributed by atoms with Crippen LogP contribution in [0, 0.1) is 6.92 Å². The lowest BCUT2D eigenvalue weighted by atomic mass is 10.2. The second-order valence-electron chi connectivity index (χ2n) is 2.17. The van der Waals surface area contributed by atoms with Crippen LogP contribution in [0.25, 0.3) is 0 Å². The largest absolute Gasteiger partial charge is 0.365 e. The zero-order valence-corrected chi connectivity index (χ0v) is 5.65. The molecule has 0 bridgehead atoms. The highest BCUT2D eigenvalue weighted by molar-refractivity contribution is 5.18. The van der Waals surface area contributed by atoms with E-state index in [0.717, 1.165) is 13.0 Å². The molecular formula is C7H12N2. The minimum absolute atomic E-state index is 0.735. The van der Waals surface area contributed by atoms with Crippen molar-refractivity contribution >= 4 is 0 Å². The molecule has 0 aromatic carbocycles. The molecule has 0 fully saturated rings. The third-order valence-electron chi connectivity index (χ3n) is 1.48. The Kier molecular flexibility index (Phi) is 1.90. The molecule has 0 radical (unpaired) electrons. The summed E-state index contributed by atoms with van der Waals surface area (Å²) in [7, 11) is 0. The van der Waals surface area contributed by atoms with Gasteiger partial charge in [-0.3, -0.25) is 0 Å². The van der Waals surface area contributed by atoms with Crippen LogP contribution in [-0.4, -0.2) is 11.5 Å². The predicted molar refractivity (Wildman–Crippen MR) is 38.3 cm³/mol. The molecule has 0 aliphatic heterocycles. The molecule has 0 spiro atoms. The number of aryl methyl sites for hydroxylation is 1. The van der Waals surface area contributed by atoms with Gasteiger partial charge in [-0.2, -0.15) is 0 Å². The van der Waals surface area contributed by atoms with E-state index in [1.54, 1.807) is 0 Å².